The molecule has 0 aromatic carbocycles. The lowest BCUT2D eigenvalue weighted by atomic mass is 9.51. The van der Waals surface area contributed by atoms with Gasteiger partial charge in [-0.15, -0.1) is 0 Å². The summed E-state index contributed by atoms with van der Waals surface area (Å²) in [6, 6.07) is 0. The average molecular weight is 519 g/mol. The van der Waals surface area contributed by atoms with E-state index in [9.17, 15) is 19.5 Å². The summed E-state index contributed by atoms with van der Waals surface area (Å²) in [7, 11) is 0. The molecule has 5 rings (SSSR count). The van der Waals surface area contributed by atoms with Gasteiger partial charge in [0, 0.05) is 24.0 Å². The third-order valence-corrected chi connectivity index (χ3v) is 9.12. The van der Waals surface area contributed by atoms with Crippen molar-refractivity contribution < 1.29 is 43.2 Å². The minimum absolute atomic E-state index is 0. The molecule has 37 heavy (non-hydrogen) atoms. The van der Waals surface area contributed by atoms with Crippen molar-refractivity contribution in [2.24, 2.45) is 16.7 Å². The molecule has 9 nitrogen and oxygen atoms in total. The zero-order chi connectivity index (χ0) is 25.7. The van der Waals surface area contributed by atoms with Crippen molar-refractivity contribution in [2.75, 3.05) is 19.8 Å². The minimum atomic E-state index is -1.37. The molecule has 1 unspecified atom stereocenters. The maximum Gasteiger partial charge on any atom is 0.335 e. The van der Waals surface area contributed by atoms with Crippen molar-refractivity contribution >= 4 is 17.9 Å². The number of aliphatic hydroxyl groups excluding tert-OH is 1. The van der Waals surface area contributed by atoms with E-state index in [0.29, 0.717) is 19.4 Å². The Bertz CT molecular complexity index is 1020. The Morgan fingerprint density at radius 2 is 1.73 bits per heavy atom. The Labute approximate surface area is 217 Å². The van der Waals surface area contributed by atoms with Crippen LogP contribution in [0.2, 0.25) is 0 Å². The molecule has 3 heterocycles. The summed E-state index contributed by atoms with van der Waals surface area (Å²) < 4.78 is 29.6. The molecule has 3 fully saturated rings. The molecule has 3 aliphatic heterocycles. The molecule has 204 valence electrons. The smallest absolute Gasteiger partial charge is 0.335 e. The first-order valence-corrected chi connectivity index (χ1v) is 12.7. The van der Waals surface area contributed by atoms with E-state index in [4.69, 9.17) is 23.7 Å². The molecule has 2 spiro atoms. The van der Waals surface area contributed by atoms with Gasteiger partial charge >= 0.3 is 17.9 Å². The van der Waals surface area contributed by atoms with E-state index in [1.807, 2.05) is 0 Å². The van der Waals surface area contributed by atoms with Gasteiger partial charge < -0.3 is 28.8 Å². The first-order valence-electron chi connectivity index (χ1n) is 12.7. The second-order valence-corrected chi connectivity index (χ2v) is 11.0. The number of carbonyl (C=O) groups is 3. The normalized spacial score (nSPS) is 43.8. The number of carbonyl (C=O) groups excluding carboxylic acids is 3. The maximum absolute atomic E-state index is 12.9. The van der Waals surface area contributed by atoms with Crippen LogP contribution in [-0.2, 0) is 38.1 Å². The van der Waals surface area contributed by atoms with Gasteiger partial charge in [-0.05, 0) is 32.1 Å². The van der Waals surface area contributed by atoms with Gasteiger partial charge in [0.2, 0.25) is 0 Å². The molecule has 9 heteroatoms. The van der Waals surface area contributed by atoms with E-state index in [1.165, 1.54) is 29.9 Å². The van der Waals surface area contributed by atoms with Crippen molar-refractivity contribution in [1.82, 2.24) is 0 Å². The molecule has 0 aromatic heterocycles. The van der Waals surface area contributed by atoms with Gasteiger partial charge in [0.15, 0.2) is 6.10 Å². The molecule has 2 aliphatic carbocycles. The number of esters is 3. The Hall–Kier alpha value is -2.49. The van der Waals surface area contributed by atoms with Crippen LogP contribution in [0.15, 0.2) is 36.0 Å². The average Bonchev–Trinajstić information content (AvgIpc) is 3.62. The lowest BCUT2D eigenvalue weighted by molar-refractivity contribution is -0.234. The van der Waals surface area contributed by atoms with Crippen LogP contribution < -0.4 is 0 Å². The lowest BCUT2D eigenvalue weighted by Crippen LogP contribution is -2.66. The van der Waals surface area contributed by atoms with Gasteiger partial charge in [0.1, 0.15) is 18.3 Å². The lowest BCUT2D eigenvalue weighted by Gasteiger charge is -2.58. The predicted octanol–water partition coefficient (Wildman–Crippen LogP) is 2.81. The number of allylic oxidation sites excluding steroid dienone is 3. The summed E-state index contributed by atoms with van der Waals surface area (Å²) in [4.78, 5) is 37.6. The van der Waals surface area contributed by atoms with E-state index in [-0.39, 0.29) is 39.3 Å². The van der Waals surface area contributed by atoms with Crippen molar-refractivity contribution in [3.63, 3.8) is 0 Å². The number of hydrogen-bond acceptors (Lipinski definition) is 9. The third kappa shape index (κ3) is 4.34. The second kappa shape index (κ2) is 10.0. The summed E-state index contributed by atoms with van der Waals surface area (Å²) in [5, 5.41) is 10.6. The number of rotatable bonds is 0. The first-order chi connectivity index (χ1) is 17.1. The molecule has 8 atom stereocenters. The summed E-state index contributed by atoms with van der Waals surface area (Å²) >= 11 is 0. The monoisotopic (exact) mass is 518 g/mol. The summed E-state index contributed by atoms with van der Waals surface area (Å²) in [6.45, 7) is 6.34. The highest BCUT2D eigenvalue weighted by Gasteiger charge is 2.83. The summed E-state index contributed by atoms with van der Waals surface area (Å²) in [6.07, 6.45) is 7.11. The number of hydrogen-bond donors (Lipinski definition) is 1. The van der Waals surface area contributed by atoms with E-state index < -0.39 is 52.5 Å². The standard InChI is InChI=1S/C27H34O9.CH4/c1-16-8-10-26-14-33-24(31)23(30)17(2)9-11-32-21(28)6-4-5-7-22(29)36-18-13-20(35-19(26)12-16)27(15-34-27)25(18,26)3;/h4-7,12,17-20,23,30H,8-11,13-15H2,1-3H3;1H4/t17-,18-,19-,20+,23?,25+,26-,27+;/m1./s1. The number of cyclic esters (lactones) is 2. The van der Waals surface area contributed by atoms with Gasteiger partial charge in [-0.3, -0.25) is 0 Å². The van der Waals surface area contributed by atoms with Crippen molar-refractivity contribution in [1.29, 1.82) is 0 Å². The van der Waals surface area contributed by atoms with E-state index in [0.717, 1.165) is 6.42 Å². The van der Waals surface area contributed by atoms with Crippen LogP contribution >= 0.6 is 0 Å². The zero-order valence-corrected chi connectivity index (χ0v) is 20.9. The number of epoxide rings is 1. The van der Waals surface area contributed by atoms with Crippen LogP contribution in [0.3, 0.4) is 0 Å². The highest BCUT2D eigenvalue weighted by atomic mass is 16.6. The van der Waals surface area contributed by atoms with Gasteiger partial charge in [-0.2, -0.15) is 0 Å². The Morgan fingerprint density at radius 1 is 1.03 bits per heavy atom. The largest absolute Gasteiger partial charge is 0.463 e. The first kappa shape index (κ1) is 27.5. The van der Waals surface area contributed by atoms with E-state index in [1.54, 1.807) is 6.92 Å². The molecule has 2 saturated heterocycles. The Balaban J connectivity index is 0.00000320. The van der Waals surface area contributed by atoms with Crippen LogP contribution in [-0.4, -0.2) is 72.9 Å². The molecule has 1 saturated carbocycles. The van der Waals surface area contributed by atoms with Crippen LogP contribution in [0.25, 0.3) is 0 Å². The molecule has 2 bridgehead atoms. The van der Waals surface area contributed by atoms with Crippen LogP contribution in [0.5, 0.6) is 0 Å². The fourth-order valence-electron chi connectivity index (χ4n) is 6.65. The quantitative estimate of drug-likeness (QED) is 0.223. The summed E-state index contributed by atoms with van der Waals surface area (Å²) in [5.41, 5.74) is -0.820. The van der Waals surface area contributed by atoms with Gasteiger partial charge in [0.05, 0.1) is 30.8 Å². The Morgan fingerprint density at radius 3 is 2.43 bits per heavy atom. The van der Waals surface area contributed by atoms with E-state index >= 15 is 0 Å². The topological polar surface area (TPSA) is 121 Å². The fourth-order valence-corrected chi connectivity index (χ4v) is 6.65. The fraction of sp³-hybridized carbons (Fsp3) is 0.679. The second-order valence-electron chi connectivity index (χ2n) is 11.0. The highest BCUT2D eigenvalue weighted by Crippen LogP contribution is 2.72. The third-order valence-electron chi connectivity index (χ3n) is 9.12. The molecule has 0 aromatic rings. The van der Waals surface area contributed by atoms with Gasteiger partial charge in [-0.25, -0.2) is 14.4 Å². The van der Waals surface area contributed by atoms with Gasteiger partial charge in [-0.1, -0.05) is 45.1 Å². The van der Waals surface area contributed by atoms with Crippen LogP contribution in [0, 0.1) is 16.7 Å². The molecule has 0 radical (unpaired) electrons. The van der Waals surface area contributed by atoms with Crippen LogP contribution in [0.4, 0.5) is 0 Å². The van der Waals surface area contributed by atoms with E-state index in [2.05, 4.69) is 19.9 Å². The molecule has 5 aliphatic rings. The molecule has 1 N–H and O–H groups in total. The SMILES string of the molecule is C.CC1=C[C@H]2O[C@H]3C[C@H]4OC(=O)C=CC=CC(=O)OCC[C@@H](C)C(O)C(=O)OC[C@@]2(CC1)[C@@]4(C)[C@]31CO1. The Kier molecular flexibility index (Phi) is 7.44. The van der Waals surface area contributed by atoms with Crippen molar-refractivity contribution in [2.45, 2.75) is 83.9 Å². The van der Waals surface area contributed by atoms with Crippen molar-refractivity contribution in [3.8, 4) is 0 Å². The highest BCUT2D eigenvalue weighted by molar-refractivity contribution is 5.84. The van der Waals surface area contributed by atoms with Crippen LogP contribution in [0.1, 0.15) is 53.9 Å². The zero-order valence-electron chi connectivity index (χ0n) is 20.9. The molecular weight excluding hydrogens is 480 g/mol. The maximum atomic E-state index is 12.9. The molecular formula is C28H38O9. The number of ether oxygens (including phenoxy) is 5. The van der Waals surface area contributed by atoms with Crippen molar-refractivity contribution in [3.05, 3.63) is 36.0 Å². The predicted molar refractivity (Wildman–Crippen MR) is 132 cm³/mol. The summed E-state index contributed by atoms with van der Waals surface area (Å²) in [5.74, 6) is -2.34. The number of aliphatic hydroxyl groups is 1. The molecule has 0 amide bonds. The van der Waals surface area contributed by atoms with Gasteiger partial charge in [0.25, 0.3) is 0 Å². The minimum Gasteiger partial charge on any atom is -0.463 e.